The summed E-state index contributed by atoms with van der Waals surface area (Å²) >= 11 is 0. The minimum absolute atomic E-state index is 0.536. The average molecular weight is 207 g/mol. The Morgan fingerprint density at radius 2 is 2.07 bits per heavy atom. The summed E-state index contributed by atoms with van der Waals surface area (Å²) in [6.45, 7) is 2.29. The summed E-state index contributed by atoms with van der Waals surface area (Å²) in [5.74, 6) is 2.22. The Kier molecular flexibility index (Phi) is 3.04. The second-order valence-corrected chi connectivity index (χ2v) is 4.21. The molecule has 2 unspecified atom stereocenters. The summed E-state index contributed by atoms with van der Waals surface area (Å²) in [5.41, 5.74) is 0. The van der Waals surface area contributed by atoms with Gasteiger partial charge < -0.3 is 10.1 Å². The summed E-state index contributed by atoms with van der Waals surface area (Å²) in [7, 11) is 1.62. The Labute approximate surface area is 90.1 Å². The summed E-state index contributed by atoms with van der Waals surface area (Å²) in [6.07, 6.45) is 7.11. The molecule has 4 heteroatoms. The molecule has 1 heterocycles. The lowest BCUT2D eigenvalue weighted by Crippen LogP contribution is -2.17. The molecule has 1 aromatic rings. The van der Waals surface area contributed by atoms with Crippen LogP contribution in [0, 0.1) is 5.92 Å². The van der Waals surface area contributed by atoms with Crippen molar-refractivity contribution in [2.24, 2.45) is 5.92 Å². The van der Waals surface area contributed by atoms with Crippen molar-refractivity contribution in [2.45, 2.75) is 32.2 Å². The highest BCUT2D eigenvalue weighted by Crippen LogP contribution is 2.26. The maximum absolute atomic E-state index is 5.00. The number of rotatable bonds is 3. The molecule has 1 aliphatic carbocycles. The van der Waals surface area contributed by atoms with Crippen LogP contribution in [0.25, 0.3) is 0 Å². The maximum atomic E-state index is 5.00. The van der Waals surface area contributed by atoms with Gasteiger partial charge >= 0.3 is 0 Å². The van der Waals surface area contributed by atoms with Crippen LogP contribution in [0.4, 0.5) is 5.95 Å². The third kappa shape index (κ3) is 2.58. The Morgan fingerprint density at radius 3 is 2.60 bits per heavy atom. The number of hydrogen-bond acceptors (Lipinski definition) is 4. The molecule has 15 heavy (non-hydrogen) atoms. The van der Waals surface area contributed by atoms with E-state index in [1.807, 2.05) is 0 Å². The predicted octanol–water partition coefficient (Wildman–Crippen LogP) is 2.09. The first-order valence-electron chi connectivity index (χ1n) is 5.40. The van der Waals surface area contributed by atoms with Crippen molar-refractivity contribution in [2.75, 3.05) is 12.4 Å². The van der Waals surface area contributed by atoms with Gasteiger partial charge in [-0.3, -0.25) is 0 Å². The lowest BCUT2D eigenvalue weighted by atomic mass is 10.1. The molecule has 2 rings (SSSR count). The molecule has 82 valence electrons. The van der Waals surface area contributed by atoms with E-state index in [0.29, 0.717) is 17.7 Å². The molecule has 1 fully saturated rings. The number of nitrogens with zero attached hydrogens (tertiary/aromatic N) is 2. The highest BCUT2D eigenvalue weighted by Gasteiger charge is 2.21. The highest BCUT2D eigenvalue weighted by atomic mass is 16.5. The van der Waals surface area contributed by atoms with Crippen LogP contribution in [-0.2, 0) is 0 Å². The number of ether oxygens (including phenoxy) is 1. The Morgan fingerprint density at radius 1 is 1.33 bits per heavy atom. The van der Waals surface area contributed by atoms with Crippen LogP contribution in [0.15, 0.2) is 12.4 Å². The van der Waals surface area contributed by atoms with Crippen LogP contribution in [0.3, 0.4) is 0 Å². The van der Waals surface area contributed by atoms with Crippen LogP contribution in [0.2, 0.25) is 0 Å². The van der Waals surface area contributed by atoms with Crippen LogP contribution >= 0.6 is 0 Å². The molecule has 4 nitrogen and oxygen atoms in total. The van der Waals surface area contributed by atoms with Gasteiger partial charge in [-0.15, -0.1) is 0 Å². The molecule has 1 saturated carbocycles. The monoisotopic (exact) mass is 207 g/mol. The van der Waals surface area contributed by atoms with Gasteiger partial charge in [-0.2, -0.15) is 0 Å². The van der Waals surface area contributed by atoms with E-state index in [4.69, 9.17) is 4.74 Å². The first-order chi connectivity index (χ1) is 7.28. The molecule has 0 amide bonds. The van der Waals surface area contributed by atoms with E-state index < -0.39 is 0 Å². The number of aromatic nitrogens is 2. The zero-order valence-electron chi connectivity index (χ0n) is 9.23. The third-order valence-corrected chi connectivity index (χ3v) is 2.89. The van der Waals surface area contributed by atoms with Crippen molar-refractivity contribution in [1.29, 1.82) is 0 Å². The van der Waals surface area contributed by atoms with E-state index in [0.717, 1.165) is 5.92 Å². The van der Waals surface area contributed by atoms with E-state index >= 15 is 0 Å². The van der Waals surface area contributed by atoms with E-state index in [-0.39, 0.29) is 0 Å². The van der Waals surface area contributed by atoms with E-state index in [1.54, 1.807) is 19.5 Å². The summed E-state index contributed by atoms with van der Waals surface area (Å²) < 4.78 is 5.00. The highest BCUT2D eigenvalue weighted by molar-refractivity contribution is 5.28. The van der Waals surface area contributed by atoms with Crippen molar-refractivity contribution in [3.63, 3.8) is 0 Å². The van der Waals surface area contributed by atoms with E-state index in [1.165, 1.54) is 19.3 Å². The largest absolute Gasteiger partial charge is 0.494 e. The fraction of sp³-hybridized carbons (Fsp3) is 0.636. The molecule has 2 atom stereocenters. The van der Waals surface area contributed by atoms with Gasteiger partial charge in [0.15, 0.2) is 5.75 Å². The molecule has 0 spiro atoms. The third-order valence-electron chi connectivity index (χ3n) is 2.89. The van der Waals surface area contributed by atoms with Crippen molar-refractivity contribution in [3.8, 4) is 5.75 Å². The second kappa shape index (κ2) is 4.47. The molecule has 0 radical (unpaired) electrons. The first-order valence-corrected chi connectivity index (χ1v) is 5.40. The SMILES string of the molecule is COc1cnc(NC2CCC(C)C2)nc1. The predicted molar refractivity (Wildman–Crippen MR) is 59.0 cm³/mol. The Balaban J connectivity index is 1.93. The van der Waals surface area contributed by atoms with Gasteiger partial charge in [0.1, 0.15) is 0 Å². The van der Waals surface area contributed by atoms with E-state index in [9.17, 15) is 0 Å². The molecule has 0 aliphatic heterocycles. The number of anilines is 1. The smallest absolute Gasteiger partial charge is 0.223 e. The van der Waals surface area contributed by atoms with Gasteiger partial charge in [0.25, 0.3) is 0 Å². The number of nitrogens with one attached hydrogen (secondary N) is 1. The molecular formula is C11H17N3O. The van der Waals surface area contributed by atoms with Crippen LogP contribution in [-0.4, -0.2) is 23.1 Å². The normalized spacial score (nSPS) is 25.2. The fourth-order valence-corrected chi connectivity index (χ4v) is 2.02. The van der Waals surface area contributed by atoms with Crippen molar-refractivity contribution >= 4 is 5.95 Å². The molecule has 0 aromatic carbocycles. The van der Waals surface area contributed by atoms with Gasteiger partial charge in [0, 0.05) is 6.04 Å². The van der Waals surface area contributed by atoms with Crippen molar-refractivity contribution < 1.29 is 4.74 Å². The molecule has 1 aromatic heterocycles. The summed E-state index contributed by atoms with van der Waals surface area (Å²) in [5, 5.41) is 3.34. The van der Waals surface area contributed by atoms with Gasteiger partial charge in [0.05, 0.1) is 19.5 Å². The average Bonchev–Trinajstić information content (AvgIpc) is 2.65. The van der Waals surface area contributed by atoms with E-state index in [2.05, 4.69) is 22.2 Å². The topological polar surface area (TPSA) is 47.0 Å². The Bertz CT molecular complexity index is 312. The zero-order chi connectivity index (χ0) is 10.7. The van der Waals surface area contributed by atoms with Gasteiger partial charge in [-0.1, -0.05) is 6.92 Å². The molecule has 1 aliphatic rings. The number of methoxy groups -OCH3 is 1. The number of hydrogen-bond donors (Lipinski definition) is 1. The molecule has 0 saturated heterocycles. The minimum atomic E-state index is 0.536. The lowest BCUT2D eigenvalue weighted by Gasteiger charge is -2.11. The van der Waals surface area contributed by atoms with Gasteiger partial charge in [0.2, 0.25) is 5.95 Å². The molecular weight excluding hydrogens is 190 g/mol. The van der Waals surface area contributed by atoms with Crippen molar-refractivity contribution in [1.82, 2.24) is 9.97 Å². The molecule has 0 bridgehead atoms. The maximum Gasteiger partial charge on any atom is 0.223 e. The molecule has 1 N–H and O–H groups in total. The summed E-state index contributed by atoms with van der Waals surface area (Å²) in [4.78, 5) is 8.38. The zero-order valence-corrected chi connectivity index (χ0v) is 9.23. The van der Waals surface area contributed by atoms with Crippen LogP contribution < -0.4 is 10.1 Å². The van der Waals surface area contributed by atoms with Crippen LogP contribution in [0.5, 0.6) is 5.75 Å². The van der Waals surface area contributed by atoms with Gasteiger partial charge in [-0.05, 0) is 25.2 Å². The minimum Gasteiger partial charge on any atom is -0.494 e. The second-order valence-electron chi connectivity index (χ2n) is 4.21. The first kappa shape index (κ1) is 10.2. The van der Waals surface area contributed by atoms with Gasteiger partial charge in [-0.25, -0.2) is 9.97 Å². The lowest BCUT2D eigenvalue weighted by molar-refractivity contribution is 0.411. The summed E-state index contributed by atoms with van der Waals surface area (Å²) in [6, 6.07) is 0.536. The quantitative estimate of drug-likeness (QED) is 0.824. The van der Waals surface area contributed by atoms with Crippen LogP contribution in [0.1, 0.15) is 26.2 Å². The Hall–Kier alpha value is -1.32. The standard InChI is InChI=1S/C11H17N3O/c1-8-3-4-9(5-8)14-11-12-6-10(15-2)7-13-11/h6-9H,3-5H2,1-2H3,(H,12,13,14). The fourth-order valence-electron chi connectivity index (χ4n) is 2.02. The van der Waals surface area contributed by atoms with Crippen molar-refractivity contribution in [3.05, 3.63) is 12.4 Å².